The summed E-state index contributed by atoms with van der Waals surface area (Å²) in [6, 6.07) is 6.09. The summed E-state index contributed by atoms with van der Waals surface area (Å²) in [5, 5.41) is 0. The molecule has 1 nitrogen and oxygen atoms in total. The van der Waals surface area contributed by atoms with Crippen molar-refractivity contribution in [2.24, 2.45) is 0 Å². The van der Waals surface area contributed by atoms with E-state index < -0.39 is 41.2 Å². The van der Waals surface area contributed by atoms with Crippen LogP contribution in [0.2, 0.25) is 0 Å². The molecule has 0 aliphatic heterocycles. The second kappa shape index (κ2) is 9.95. The molecule has 4 rings (SSSR count). The highest BCUT2D eigenvalue weighted by Crippen LogP contribution is 2.37. The first-order valence-corrected chi connectivity index (χ1v) is 11.2. The van der Waals surface area contributed by atoms with Gasteiger partial charge in [0.2, 0.25) is 5.75 Å². The Bertz CT molecular complexity index is 1290. The molecule has 0 aromatic heterocycles. The van der Waals surface area contributed by atoms with Gasteiger partial charge in [0.25, 0.3) is 0 Å². The normalized spacial score (nSPS) is 13.4. The number of aryl methyl sites for hydroxylation is 1. The molecule has 0 amide bonds. The van der Waals surface area contributed by atoms with Gasteiger partial charge in [-0.15, -0.1) is 13.2 Å². The zero-order valence-electron chi connectivity index (χ0n) is 19.0. The van der Waals surface area contributed by atoms with Crippen molar-refractivity contribution in [2.75, 3.05) is 0 Å². The summed E-state index contributed by atoms with van der Waals surface area (Å²) < 4.78 is 113. The van der Waals surface area contributed by atoms with Gasteiger partial charge in [0.15, 0.2) is 11.6 Å². The molecule has 0 saturated heterocycles. The SMILES string of the molecule is CCCCc1cc(F)c(C2=CCc3cc(-c4cc(F)c(OC(F)(F)F)c(F)c4)c(F)cc3C2)c(F)c1. The number of fused-ring (bicyclic) bond motifs is 1. The van der Waals surface area contributed by atoms with Gasteiger partial charge in [-0.05, 0) is 89.9 Å². The van der Waals surface area contributed by atoms with Gasteiger partial charge in [-0.2, -0.15) is 0 Å². The lowest BCUT2D eigenvalue weighted by Crippen LogP contribution is -2.19. The average Bonchev–Trinajstić information content (AvgIpc) is 2.78. The van der Waals surface area contributed by atoms with Crippen molar-refractivity contribution in [3.63, 3.8) is 0 Å². The van der Waals surface area contributed by atoms with Gasteiger partial charge in [-0.3, -0.25) is 0 Å². The molecular weight excluding hydrogens is 492 g/mol. The predicted octanol–water partition coefficient (Wildman–Crippen LogP) is 8.47. The van der Waals surface area contributed by atoms with Gasteiger partial charge in [0.1, 0.15) is 17.5 Å². The van der Waals surface area contributed by atoms with Crippen LogP contribution in [0.3, 0.4) is 0 Å². The van der Waals surface area contributed by atoms with E-state index in [0.717, 1.165) is 18.9 Å². The van der Waals surface area contributed by atoms with E-state index >= 15 is 0 Å². The van der Waals surface area contributed by atoms with Gasteiger partial charge in [-0.25, -0.2) is 22.0 Å². The molecule has 3 aromatic carbocycles. The number of rotatable bonds is 6. The summed E-state index contributed by atoms with van der Waals surface area (Å²) in [5.41, 5.74) is 1.13. The number of allylic oxidation sites excluding steroid dienone is 2. The van der Waals surface area contributed by atoms with E-state index in [9.17, 15) is 35.1 Å². The lowest BCUT2D eigenvalue weighted by atomic mass is 9.85. The highest BCUT2D eigenvalue weighted by Gasteiger charge is 2.34. The zero-order valence-corrected chi connectivity index (χ0v) is 19.0. The lowest BCUT2D eigenvalue weighted by Gasteiger charge is -2.20. The third kappa shape index (κ3) is 5.39. The van der Waals surface area contributed by atoms with Crippen molar-refractivity contribution in [1.29, 1.82) is 0 Å². The van der Waals surface area contributed by atoms with Crippen LogP contribution in [0, 0.1) is 29.1 Å². The topological polar surface area (TPSA) is 9.23 Å². The van der Waals surface area contributed by atoms with Gasteiger partial charge < -0.3 is 4.74 Å². The fourth-order valence-corrected chi connectivity index (χ4v) is 4.32. The number of alkyl halides is 3. The van der Waals surface area contributed by atoms with E-state index in [-0.39, 0.29) is 29.5 Å². The summed E-state index contributed by atoms with van der Waals surface area (Å²) in [6.45, 7) is 1.97. The van der Waals surface area contributed by atoms with Crippen molar-refractivity contribution >= 4 is 5.57 Å². The lowest BCUT2D eigenvalue weighted by molar-refractivity contribution is -0.276. The Kier molecular flexibility index (Phi) is 7.11. The van der Waals surface area contributed by atoms with Gasteiger partial charge in [-0.1, -0.05) is 19.4 Å². The van der Waals surface area contributed by atoms with E-state index in [0.29, 0.717) is 40.8 Å². The number of benzene rings is 3. The summed E-state index contributed by atoms with van der Waals surface area (Å²) in [7, 11) is 0. The number of unbranched alkanes of at least 4 members (excludes halogenated alkanes) is 1. The Balaban J connectivity index is 1.64. The molecule has 0 unspecified atom stereocenters. The maximum Gasteiger partial charge on any atom is 0.573 e. The van der Waals surface area contributed by atoms with Gasteiger partial charge in [0, 0.05) is 11.1 Å². The van der Waals surface area contributed by atoms with Crippen LogP contribution < -0.4 is 4.74 Å². The first-order valence-electron chi connectivity index (χ1n) is 11.2. The largest absolute Gasteiger partial charge is 0.573 e. The molecule has 0 fully saturated rings. The average molecular weight is 512 g/mol. The molecule has 3 aromatic rings. The Hall–Kier alpha value is -3.36. The summed E-state index contributed by atoms with van der Waals surface area (Å²) in [4.78, 5) is 0. The number of ether oxygens (including phenoxy) is 1. The van der Waals surface area contributed by atoms with Gasteiger partial charge in [0.05, 0.1) is 0 Å². The van der Waals surface area contributed by atoms with E-state index in [1.165, 1.54) is 18.2 Å². The fraction of sp³-hybridized carbons (Fsp3) is 0.259. The molecule has 0 bridgehead atoms. The van der Waals surface area contributed by atoms with Crippen molar-refractivity contribution in [3.05, 3.63) is 93.8 Å². The fourth-order valence-electron chi connectivity index (χ4n) is 4.32. The molecule has 0 spiro atoms. The van der Waals surface area contributed by atoms with Crippen LogP contribution in [0.5, 0.6) is 5.75 Å². The molecule has 0 saturated carbocycles. The third-order valence-electron chi connectivity index (χ3n) is 6.01. The zero-order chi connectivity index (χ0) is 26.2. The molecule has 0 radical (unpaired) electrons. The Morgan fingerprint density at radius 2 is 1.42 bits per heavy atom. The molecule has 9 heteroatoms. The Morgan fingerprint density at radius 3 is 2.00 bits per heavy atom. The van der Waals surface area contributed by atoms with Crippen LogP contribution in [0.15, 0.2) is 42.5 Å². The van der Waals surface area contributed by atoms with Crippen LogP contribution in [0.1, 0.15) is 42.0 Å². The minimum atomic E-state index is -5.31. The first kappa shape index (κ1) is 25.7. The predicted molar refractivity (Wildman–Crippen MR) is 119 cm³/mol. The smallest absolute Gasteiger partial charge is 0.399 e. The second-order valence-electron chi connectivity index (χ2n) is 8.57. The minimum absolute atomic E-state index is 0.0236. The Labute approximate surface area is 202 Å². The van der Waals surface area contributed by atoms with Gasteiger partial charge >= 0.3 is 6.36 Å². The monoisotopic (exact) mass is 512 g/mol. The summed E-state index contributed by atoms with van der Waals surface area (Å²) >= 11 is 0. The molecule has 36 heavy (non-hydrogen) atoms. The van der Waals surface area contributed by atoms with E-state index in [1.807, 2.05) is 6.92 Å². The maximum absolute atomic E-state index is 14.9. The Morgan fingerprint density at radius 1 is 0.778 bits per heavy atom. The first-order chi connectivity index (χ1) is 17.0. The highest BCUT2D eigenvalue weighted by molar-refractivity contribution is 5.74. The van der Waals surface area contributed by atoms with Crippen LogP contribution in [0.4, 0.5) is 35.1 Å². The minimum Gasteiger partial charge on any atom is -0.399 e. The second-order valence-corrected chi connectivity index (χ2v) is 8.57. The van der Waals surface area contributed by atoms with Crippen LogP contribution >= 0.6 is 0 Å². The van der Waals surface area contributed by atoms with E-state index in [4.69, 9.17) is 0 Å². The molecule has 190 valence electrons. The highest BCUT2D eigenvalue weighted by atomic mass is 19.4. The summed E-state index contributed by atoms with van der Waals surface area (Å²) in [5.74, 6) is -7.24. The standard InChI is InChI=1S/C27H20F8O/c1-2-3-4-14-7-21(29)25(22(30)8-14)16-6-5-15-10-19(20(28)11-17(15)9-16)18-12-23(31)26(24(32)13-18)36-27(33,34)35/h6-8,10-13H,2-5,9H2,1H3. The van der Waals surface area contributed by atoms with Crippen molar-refractivity contribution < 1.29 is 39.9 Å². The third-order valence-corrected chi connectivity index (χ3v) is 6.01. The van der Waals surface area contributed by atoms with Crippen molar-refractivity contribution in [3.8, 4) is 16.9 Å². The summed E-state index contributed by atoms with van der Waals surface area (Å²) in [6.07, 6.45) is -1.31. The molecule has 1 aliphatic carbocycles. The molecule has 1 aliphatic rings. The molecule has 0 N–H and O–H groups in total. The van der Waals surface area contributed by atoms with E-state index in [1.54, 1.807) is 6.08 Å². The molecular formula is C27H20F8O. The number of halogens is 8. The van der Waals surface area contributed by atoms with Crippen molar-refractivity contribution in [1.82, 2.24) is 0 Å². The number of hydrogen-bond donors (Lipinski definition) is 0. The van der Waals surface area contributed by atoms with Crippen LogP contribution in [-0.4, -0.2) is 6.36 Å². The quantitative estimate of drug-likeness (QED) is 0.301. The molecule has 0 atom stereocenters. The maximum atomic E-state index is 14.9. The van der Waals surface area contributed by atoms with E-state index in [2.05, 4.69) is 4.74 Å². The molecule has 0 heterocycles. The van der Waals surface area contributed by atoms with Crippen molar-refractivity contribution in [2.45, 2.75) is 45.4 Å². The van der Waals surface area contributed by atoms with Crippen LogP contribution in [0.25, 0.3) is 16.7 Å². The van der Waals surface area contributed by atoms with Crippen LogP contribution in [-0.2, 0) is 19.3 Å². The number of hydrogen-bond acceptors (Lipinski definition) is 1.